The van der Waals surface area contributed by atoms with Crippen LogP contribution in [0, 0.1) is 6.92 Å². The van der Waals surface area contributed by atoms with Gasteiger partial charge in [-0.05, 0) is 60.3 Å². The van der Waals surface area contributed by atoms with Gasteiger partial charge in [0.05, 0.1) is 11.2 Å². The molecule has 4 heteroatoms. The molecular weight excluding hydrogens is 308 g/mol. The molecule has 0 bridgehead atoms. The Balaban J connectivity index is 1.84. The first kappa shape index (κ1) is 14.0. The zero-order valence-electron chi connectivity index (χ0n) is 13.8. The molecule has 0 aliphatic heterocycles. The van der Waals surface area contributed by atoms with E-state index in [-0.39, 0.29) is 0 Å². The second-order valence-electron chi connectivity index (χ2n) is 6.20. The van der Waals surface area contributed by atoms with Crippen LogP contribution in [-0.2, 0) is 0 Å². The quantitative estimate of drug-likeness (QED) is 0.504. The first-order valence-electron chi connectivity index (χ1n) is 8.28. The van der Waals surface area contributed by atoms with Gasteiger partial charge in [0, 0.05) is 29.2 Å². The van der Waals surface area contributed by atoms with Gasteiger partial charge < -0.3 is 4.98 Å². The molecule has 120 valence electrons. The number of nitrogens with zero attached hydrogens (tertiary/aromatic N) is 3. The van der Waals surface area contributed by atoms with Crippen LogP contribution in [0.25, 0.3) is 38.9 Å². The van der Waals surface area contributed by atoms with E-state index in [1.165, 1.54) is 5.39 Å². The first-order chi connectivity index (χ1) is 12.3. The van der Waals surface area contributed by atoms with Gasteiger partial charge in [-0.15, -0.1) is 0 Å². The van der Waals surface area contributed by atoms with Gasteiger partial charge in [0.25, 0.3) is 0 Å². The Hall–Kier alpha value is -3.40. The van der Waals surface area contributed by atoms with Crippen LogP contribution in [0.5, 0.6) is 0 Å². The normalized spacial score (nSPS) is 11.4. The molecule has 0 atom stereocenters. The highest BCUT2D eigenvalue weighted by atomic mass is 15.2. The maximum absolute atomic E-state index is 4.81. The van der Waals surface area contributed by atoms with Gasteiger partial charge in [0.2, 0.25) is 0 Å². The number of fused-ring (bicyclic) bond motifs is 2. The second-order valence-corrected chi connectivity index (χ2v) is 6.20. The molecule has 0 aliphatic rings. The Labute approximate surface area is 144 Å². The van der Waals surface area contributed by atoms with Crippen molar-refractivity contribution in [2.45, 2.75) is 6.92 Å². The fourth-order valence-corrected chi connectivity index (χ4v) is 3.35. The Kier molecular flexibility index (Phi) is 2.97. The van der Waals surface area contributed by atoms with Gasteiger partial charge in [-0.2, -0.15) is 5.10 Å². The Bertz CT molecular complexity index is 1210. The van der Waals surface area contributed by atoms with E-state index in [1.807, 2.05) is 54.2 Å². The topological polar surface area (TPSA) is 46.0 Å². The molecule has 0 spiro atoms. The molecule has 4 nitrogen and oxygen atoms in total. The van der Waals surface area contributed by atoms with E-state index in [0.29, 0.717) is 0 Å². The third-order valence-corrected chi connectivity index (χ3v) is 4.51. The fraction of sp³-hybridized carbons (Fsp3) is 0.0476. The lowest BCUT2D eigenvalue weighted by Crippen LogP contribution is -1.89. The standard InChI is InChI=1S/C21H16N4/c1-14-5-4-6-18(23-14)21-20(19-7-2-3-12-25(19)24-21)16-8-9-17-15(13-16)10-11-22-17/h2-13,22H,1H3. The van der Waals surface area contributed by atoms with Gasteiger partial charge in [-0.25, -0.2) is 4.52 Å². The van der Waals surface area contributed by atoms with Crippen LogP contribution in [-0.4, -0.2) is 19.6 Å². The summed E-state index contributed by atoms with van der Waals surface area (Å²) in [5.74, 6) is 0. The van der Waals surface area contributed by atoms with E-state index >= 15 is 0 Å². The summed E-state index contributed by atoms with van der Waals surface area (Å²) in [5.41, 5.74) is 7.26. The van der Waals surface area contributed by atoms with Gasteiger partial charge in [0.15, 0.2) is 0 Å². The van der Waals surface area contributed by atoms with Crippen LogP contribution in [0.2, 0.25) is 0 Å². The number of H-pyrrole nitrogens is 1. The lowest BCUT2D eigenvalue weighted by molar-refractivity contribution is 0.961. The number of hydrogen-bond acceptors (Lipinski definition) is 2. The smallest absolute Gasteiger partial charge is 0.120 e. The third kappa shape index (κ3) is 2.22. The first-order valence-corrected chi connectivity index (χ1v) is 8.28. The Morgan fingerprint density at radius 2 is 1.92 bits per heavy atom. The van der Waals surface area contributed by atoms with Crippen molar-refractivity contribution in [1.29, 1.82) is 0 Å². The summed E-state index contributed by atoms with van der Waals surface area (Å²) >= 11 is 0. The minimum atomic E-state index is 0.896. The predicted octanol–water partition coefficient (Wildman–Crippen LogP) is 4.85. The van der Waals surface area contributed by atoms with Crippen LogP contribution >= 0.6 is 0 Å². The average Bonchev–Trinajstić information content (AvgIpc) is 3.25. The summed E-state index contributed by atoms with van der Waals surface area (Å²) in [6.07, 6.45) is 3.94. The van der Waals surface area contributed by atoms with Crippen LogP contribution in [0.15, 0.2) is 73.1 Å². The molecule has 0 unspecified atom stereocenters. The molecule has 0 saturated carbocycles. The maximum atomic E-state index is 4.81. The molecule has 0 radical (unpaired) electrons. The molecule has 4 aromatic heterocycles. The highest BCUT2D eigenvalue weighted by molar-refractivity contribution is 5.95. The minimum absolute atomic E-state index is 0.896. The molecule has 1 aromatic carbocycles. The molecule has 0 amide bonds. The van der Waals surface area contributed by atoms with Crippen molar-refractivity contribution < 1.29 is 0 Å². The van der Waals surface area contributed by atoms with E-state index < -0.39 is 0 Å². The van der Waals surface area contributed by atoms with Crippen molar-refractivity contribution in [2.24, 2.45) is 0 Å². The monoisotopic (exact) mass is 324 g/mol. The van der Waals surface area contributed by atoms with Crippen LogP contribution < -0.4 is 0 Å². The summed E-state index contributed by atoms with van der Waals surface area (Å²) in [7, 11) is 0. The molecule has 0 saturated heterocycles. The molecule has 5 aromatic rings. The van der Waals surface area contributed by atoms with Crippen molar-refractivity contribution in [2.75, 3.05) is 0 Å². The number of pyridine rings is 2. The molecule has 0 aliphatic carbocycles. The lowest BCUT2D eigenvalue weighted by atomic mass is 10.0. The highest BCUT2D eigenvalue weighted by Gasteiger charge is 2.17. The Morgan fingerprint density at radius 1 is 0.960 bits per heavy atom. The number of aromatic nitrogens is 4. The molecule has 5 rings (SSSR count). The number of aryl methyl sites for hydroxylation is 1. The number of benzene rings is 1. The van der Waals surface area contributed by atoms with E-state index in [4.69, 9.17) is 10.1 Å². The fourth-order valence-electron chi connectivity index (χ4n) is 3.35. The zero-order chi connectivity index (χ0) is 16.8. The Morgan fingerprint density at radius 3 is 2.84 bits per heavy atom. The SMILES string of the molecule is Cc1cccc(-c2nn3ccccc3c2-c2ccc3[nH]ccc3c2)n1. The van der Waals surface area contributed by atoms with E-state index in [1.54, 1.807) is 0 Å². The minimum Gasteiger partial charge on any atom is -0.361 e. The molecule has 1 N–H and O–H groups in total. The zero-order valence-corrected chi connectivity index (χ0v) is 13.8. The maximum Gasteiger partial charge on any atom is 0.120 e. The predicted molar refractivity (Wildman–Crippen MR) is 100 cm³/mol. The van der Waals surface area contributed by atoms with Crippen molar-refractivity contribution >= 4 is 16.4 Å². The van der Waals surface area contributed by atoms with Crippen molar-refractivity contribution in [3.8, 4) is 22.5 Å². The number of nitrogens with one attached hydrogen (secondary N) is 1. The van der Waals surface area contributed by atoms with Crippen molar-refractivity contribution in [1.82, 2.24) is 19.6 Å². The summed E-state index contributed by atoms with van der Waals surface area (Å²) in [6.45, 7) is 2.00. The van der Waals surface area contributed by atoms with Crippen molar-refractivity contribution in [3.63, 3.8) is 0 Å². The summed E-state index contributed by atoms with van der Waals surface area (Å²) < 4.78 is 1.93. The average molecular weight is 324 g/mol. The molecule has 25 heavy (non-hydrogen) atoms. The molecular formula is C21H16N4. The number of aromatic amines is 1. The van der Waals surface area contributed by atoms with Gasteiger partial charge >= 0.3 is 0 Å². The van der Waals surface area contributed by atoms with Crippen LogP contribution in [0.4, 0.5) is 0 Å². The largest absolute Gasteiger partial charge is 0.361 e. The van der Waals surface area contributed by atoms with E-state index in [2.05, 4.69) is 35.3 Å². The third-order valence-electron chi connectivity index (χ3n) is 4.51. The number of hydrogen-bond donors (Lipinski definition) is 1. The summed E-state index contributed by atoms with van der Waals surface area (Å²) in [5, 5.41) is 6.01. The summed E-state index contributed by atoms with van der Waals surface area (Å²) in [6, 6.07) is 20.7. The van der Waals surface area contributed by atoms with Crippen LogP contribution in [0.1, 0.15) is 5.69 Å². The molecule has 4 heterocycles. The molecule has 0 fully saturated rings. The van der Waals surface area contributed by atoms with Gasteiger partial charge in [-0.1, -0.05) is 18.2 Å². The van der Waals surface area contributed by atoms with Gasteiger partial charge in [0.1, 0.15) is 5.69 Å². The lowest BCUT2D eigenvalue weighted by Gasteiger charge is -2.05. The van der Waals surface area contributed by atoms with Crippen molar-refractivity contribution in [3.05, 3.63) is 78.8 Å². The van der Waals surface area contributed by atoms with E-state index in [0.717, 1.165) is 39.2 Å². The van der Waals surface area contributed by atoms with Crippen LogP contribution in [0.3, 0.4) is 0 Å². The highest BCUT2D eigenvalue weighted by Crippen LogP contribution is 2.35. The second kappa shape index (κ2) is 5.31. The summed E-state index contributed by atoms with van der Waals surface area (Å²) in [4.78, 5) is 7.94. The van der Waals surface area contributed by atoms with Gasteiger partial charge in [-0.3, -0.25) is 4.98 Å². The number of rotatable bonds is 2. The van der Waals surface area contributed by atoms with E-state index in [9.17, 15) is 0 Å².